The van der Waals surface area contributed by atoms with Crippen LogP contribution in [0, 0.1) is 11.6 Å². The smallest absolute Gasteiger partial charge is 0.411 e. The first-order valence-corrected chi connectivity index (χ1v) is 5.50. The Morgan fingerprint density at radius 2 is 1.79 bits per heavy atom. The number of hydrogen-bond acceptors (Lipinski definition) is 2. The molecule has 5 heteroatoms. The molecule has 0 spiro atoms. The van der Waals surface area contributed by atoms with Gasteiger partial charge in [0.2, 0.25) is 0 Å². The van der Waals surface area contributed by atoms with E-state index in [9.17, 15) is 13.6 Å². The lowest BCUT2D eigenvalue weighted by atomic mass is 10.0. The van der Waals surface area contributed by atoms with Crippen LogP contribution in [-0.4, -0.2) is 13.2 Å². The molecule has 0 radical (unpaired) electrons. The van der Waals surface area contributed by atoms with Crippen molar-refractivity contribution in [1.82, 2.24) is 0 Å². The summed E-state index contributed by atoms with van der Waals surface area (Å²) in [6.07, 6.45) is -0.593. The van der Waals surface area contributed by atoms with Gasteiger partial charge >= 0.3 is 6.09 Å². The van der Waals surface area contributed by atoms with Crippen molar-refractivity contribution in [2.75, 3.05) is 12.4 Å². The molecular weight excluding hydrogens is 252 g/mol. The average molecular weight is 263 g/mol. The Balaban J connectivity index is 2.27. The van der Waals surface area contributed by atoms with E-state index in [0.29, 0.717) is 11.3 Å². The van der Waals surface area contributed by atoms with E-state index in [1.54, 1.807) is 24.3 Å². The minimum absolute atomic E-state index is 0.171. The highest BCUT2D eigenvalue weighted by Gasteiger charge is 2.07. The van der Waals surface area contributed by atoms with E-state index >= 15 is 0 Å². The van der Waals surface area contributed by atoms with Gasteiger partial charge in [-0.1, -0.05) is 12.1 Å². The normalized spacial score (nSPS) is 10.1. The summed E-state index contributed by atoms with van der Waals surface area (Å²) < 4.78 is 31.1. The Bertz CT molecular complexity index is 597. The lowest BCUT2D eigenvalue weighted by Gasteiger charge is -2.06. The zero-order valence-corrected chi connectivity index (χ0v) is 10.1. The number of rotatable bonds is 2. The summed E-state index contributed by atoms with van der Waals surface area (Å²) >= 11 is 0. The Morgan fingerprint density at radius 3 is 2.42 bits per heavy atom. The third-order valence-corrected chi connectivity index (χ3v) is 2.56. The molecule has 0 fully saturated rings. The molecule has 2 aromatic rings. The van der Waals surface area contributed by atoms with E-state index in [1.165, 1.54) is 7.11 Å². The Morgan fingerprint density at radius 1 is 1.11 bits per heavy atom. The van der Waals surface area contributed by atoms with Crippen molar-refractivity contribution in [2.45, 2.75) is 0 Å². The maximum Gasteiger partial charge on any atom is 0.411 e. The molecule has 0 unspecified atom stereocenters. The van der Waals surface area contributed by atoms with Gasteiger partial charge in [0.1, 0.15) is 11.6 Å². The van der Waals surface area contributed by atoms with Crippen molar-refractivity contribution < 1.29 is 18.3 Å². The third kappa shape index (κ3) is 3.07. The number of carbonyl (C=O) groups excluding carboxylic acids is 1. The topological polar surface area (TPSA) is 38.3 Å². The molecule has 0 bridgehead atoms. The number of amides is 1. The highest BCUT2D eigenvalue weighted by Crippen LogP contribution is 2.25. The largest absolute Gasteiger partial charge is 0.453 e. The minimum atomic E-state index is -0.593. The number of halogens is 2. The second kappa shape index (κ2) is 5.48. The quantitative estimate of drug-likeness (QED) is 0.894. The molecule has 1 amide bonds. The maximum absolute atomic E-state index is 13.6. The molecular formula is C14H11F2NO2. The zero-order chi connectivity index (χ0) is 13.8. The monoisotopic (exact) mass is 263 g/mol. The van der Waals surface area contributed by atoms with Crippen molar-refractivity contribution in [3.63, 3.8) is 0 Å². The standard InChI is InChI=1S/C14H11F2NO2/c1-19-14(18)17-11-5-2-9(3-6-11)12-8-10(15)4-7-13(12)16/h2-8H,1H3,(H,17,18). The van der Waals surface area contributed by atoms with Gasteiger partial charge in [-0.15, -0.1) is 0 Å². The van der Waals surface area contributed by atoms with Gasteiger partial charge in [-0.2, -0.15) is 0 Å². The molecule has 1 N–H and O–H groups in total. The first kappa shape index (κ1) is 13.0. The van der Waals surface area contributed by atoms with Crippen molar-refractivity contribution >= 4 is 11.8 Å². The molecule has 0 aliphatic rings. The fourth-order valence-electron chi connectivity index (χ4n) is 1.62. The van der Waals surface area contributed by atoms with Crippen molar-refractivity contribution in [1.29, 1.82) is 0 Å². The second-order valence-corrected chi connectivity index (χ2v) is 3.82. The molecule has 2 aromatic carbocycles. The average Bonchev–Trinajstić information content (AvgIpc) is 2.42. The Labute approximate surface area is 108 Å². The van der Waals surface area contributed by atoms with E-state index in [2.05, 4.69) is 10.1 Å². The van der Waals surface area contributed by atoms with Crippen LogP contribution in [0.2, 0.25) is 0 Å². The van der Waals surface area contributed by atoms with Gasteiger partial charge < -0.3 is 4.74 Å². The van der Waals surface area contributed by atoms with Crippen LogP contribution in [0.4, 0.5) is 19.3 Å². The molecule has 0 saturated heterocycles. The molecule has 0 atom stereocenters. The summed E-state index contributed by atoms with van der Waals surface area (Å²) in [5.74, 6) is -1.01. The van der Waals surface area contributed by atoms with Crippen LogP contribution in [0.15, 0.2) is 42.5 Å². The first-order valence-electron chi connectivity index (χ1n) is 5.50. The Hall–Kier alpha value is -2.43. The minimum Gasteiger partial charge on any atom is -0.453 e. The van der Waals surface area contributed by atoms with Crippen LogP contribution in [-0.2, 0) is 4.74 Å². The summed E-state index contributed by atoms with van der Waals surface area (Å²) in [4.78, 5) is 11.0. The zero-order valence-electron chi connectivity index (χ0n) is 10.1. The SMILES string of the molecule is COC(=O)Nc1ccc(-c2cc(F)ccc2F)cc1. The highest BCUT2D eigenvalue weighted by atomic mass is 19.1. The fourth-order valence-corrected chi connectivity index (χ4v) is 1.62. The number of methoxy groups -OCH3 is 1. The predicted molar refractivity (Wildman–Crippen MR) is 67.8 cm³/mol. The summed E-state index contributed by atoms with van der Waals surface area (Å²) in [6, 6.07) is 9.59. The number of nitrogens with one attached hydrogen (secondary N) is 1. The van der Waals surface area contributed by atoms with Gasteiger partial charge in [0.05, 0.1) is 7.11 Å². The van der Waals surface area contributed by atoms with E-state index in [-0.39, 0.29) is 5.56 Å². The number of carbonyl (C=O) groups is 1. The molecule has 0 saturated carbocycles. The van der Waals surface area contributed by atoms with Gasteiger partial charge in [0.25, 0.3) is 0 Å². The second-order valence-electron chi connectivity index (χ2n) is 3.82. The van der Waals surface area contributed by atoms with Crippen molar-refractivity contribution in [2.24, 2.45) is 0 Å². The van der Waals surface area contributed by atoms with Gasteiger partial charge in [-0.3, -0.25) is 5.32 Å². The van der Waals surface area contributed by atoms with Gasteiger partial charge in [-0.25, -0.2) is 13.6 Å². The van der Waals surface area contributed by atoms with Gasteiger partial charge in [-0.05, 0) is 35.9 Å². The van der Waals surface area contributed by atoms with Crippen LogP contribution < -0.4 is 5.32 Å². The molecule has 2 rings (SSSR count). The van der Waals surface area contributed by atoms with Crippen molar-refractivity contribution in [3.05, 3.63) is 54.1 Å². The van der Waals surface area contributed by atoms with Crippen LogP contribution in [0.5, 0.6) is 0 Å². The van der Waals surface area contributed by atoms with E-state index < -0.39 is 17.7 Å². The summed E-state index contributed by atoms with van der Waals surface area (Å²) in [5, 5.41) is 2.47. The Kier molecular flexibility index (Phi) is 3.75. The molecule has 0 aromatic heterocycles. The molecule has 19 heavy (non-hydrogen) atoms. The molecule has 98 valence electrons. The summed E-state index contributed by atoms with van der Waals surface area (Å²) in [6.45, 7) is 0. The van der Waals surface area contributed by atoms with Crippen LogP contribution in [0.25, 0.3) is 11.1 Å². The number of anilines is 1. The molecule has 0 aliphatic carbocycles. The summed E-state index contributed by atoms with van der Waals surface area (Å²) in [5.41, 5.74) is 1.20. The maximum atomic E-state index is 13.6. The molecule has 0 aliphatic heterocycles. The molecule has 0 heterocycles. The van der Waals surface area contributed by atoms with Crippen LogP contribution >= 0.6 is 0 Å². The predicted octanol–water partition coefficient (Wildman–Crippen LogP) is 3.81. The van der Waals surface area contributed by atoms with E-state index in [0.717, 1.165) is 18.2 Å². The lowest BCUT2D eigenvalue weighted by Crippen LogP contribution is -2.10. The lowest BCUT2D eigenvalue weighted by molar-refractivity contribution is 0.187. The first-order chi connectivity index (χ1) is 9.10. The number of benzene rings is 2. The van der Waals surface area contributed by atoms with E-state index in [4.69, 9.17) is 0 Å². The third-order valence-electron chi connectivity index (χ3n) is 2.56. The summed E-state index contributed by atoms with van der Waals surface area (Å²) in [7, 11) is 1.26. The van der Waals surface area contributed by atoms with Crippen LogP contribution in [0.1, 0.15) is 0 Å². The van der Waals surface area contributed by atoms with Crippen molar-refractivity contribution in [3.8, 4) is 11.1 Å². The van der Waals surface area contributed by atoms with Gasteiger partial charge in [0.15, 0.2) is 0 Å². The highest BCUT2D eigenvalue weighted by molar-refractivity contribution is 5.85. The van der Waals surface area contributed by atoms with E-state index in [1.807, 2.05) is 0 Å². The number of ether oxygens (including phenoxy) is 1. The number of hydrogen-bond donors (Lipinski definition) is 1. The molecule has 3 nitrogen and oxygen atoms in total. The fraction of sp³-hybridized carbons (Fsp3) is 0.0714. The van der Waals surface area contributed by atoms with Gasteiger partial charge in [0, 0.05) is 11.3 Å². The van der Waals surface area contributed by atoms with Crippen LogP contribution in [0.3, 0.4) is 0 Å².